The third kappa shape index (κ3) is 4.55. The number of para-hydroxylation sites is 1. The van der Waals surface area contributed by atoms with Gasteiger partial charge in [-0.25, -0.2) is 9.59 Å². The quantitative estimate of drug-likeness (QED) is 0.335. The van der Waals surface area contributed by atoms with Crippen molar-refractivity contribution in [1.29, 1.82) is 0 Å². The van der Waals surface area contributed by atoms with Gasteiger partial charge >= 0.3 is 11.7 Å². The molecule has 11 nitrogen and oxygen atoms in total. The Hall–Kier alpha value is -4.54. The van der Waals surface area contributed by atoms with E-state index in [1.54, 1.807) is 76.5 Å². The van der Waals surface area contributed by atoms with Crippen LogP contribution in [0.5, 0.6) is 0 Å². The fourth-order valence-electron chi connectivity index (χ4n) is 3.96. The lowest BCUT2D eigenvalue weighted by Gasteiger charge is -2.22. The van der Waals surface area contributed by atoms with Crippen LogP contribution in [0.1, 0.15) is 34.6 Å². The molecule has 2 aliphatic heterocycles. The number of carbonyl (C=O) groups is 4. The number of imide groups is 2. The van der Waals surface area contributed by atoms with Gasteiger partial charge in [0.2, 0.25) is 0 Å². The van der Waals surface area contributed by atoms with E-state index < -0.39 is 5.54 Å². The molecule has 1 aromatic heterocycles. The third-order valence-electron chi connectivity index (χ3n) is 6.61. The molecule has 37 heavy (non-hydrogen) atoms. The summed E-state index contributed by atoms with van der Waals surface area (Å²) in [6, 6.07) is 13.7. The highest BCUT2D eigenvalue weighted by molar-refractivity contribution is 6.21. The number of hydrogen-bond donors (Lipinski definition) is 0. The molecular formula is C26H29N5O6. The normalized spacial score (nSPS) is 15.9. The predicted molar refractivity (Wildman–Crippen MR) is 137 cm³/mol. The van der Waals surface area contributed by atoms with Crippen molar-refractivity contribution >= 4 is 34.7 Å². The van der Waals surface area contributed by atoms with E-state index in [1.807, 2.05) is 0 Å². The molecule has 1 fully saturated rings. The average Bonchev–Trinajstić information content (AvgIpc) is 3.20. The Morgan fingerprint density at radius 2 is 1.11 bits per heavy atom. The molecule has 194 valence electrons. The van der Waals surface area contributed by atoms with Crippen molar-refractivity contribution in [2.45, 2.75) is 19.4 Å². The van der Waals surface area contributed by atoms with Crippen molar-refractivity contribution in [3.63, 3.8) is 0 Å². The molecule has 0 spiro atoms. The van der Waals surface area contributed by atoms with Crippen LogP contribution in [-0.2, 0) is 18.9 Å². The number of carbonyl (C=O) groups excluding carboxylic acids is 4. The lowest BCUT2D eigenvalue weighted by atomic mass is 10.1. The highest BCUT2D eigenvalue weighted by Gasteiger charge is 2.47. The van der Waals surface area contributed by atoms with Crippen LogP contribution in [-0.4, -0.2) is 74.3 Å². The molecule has 5 rings (SSSR count). The molecule has 3 aromatic rings. The zero-order valence-electron chi connectivity index (χ0n) is 21.8. The van der Waals surface area contributed by atoms with E-state index in [1.165, 1.54) is 30.6 Å². The van der Waals surface area contributed by atoms with E-state index in [0.29, 0.717) is 22.0 Å². The van der Waals surface area contributed by atoms with Crippen LogP contribution in [0.2, 0.25) is 0 Å². The highest BCUT2D eigenvalue weighted by Crippen LogP contribution is 2.23. The maximum atomic E-state index is 11.7. The highest BCUT2D eigenvalue weighted by atomic mass is 16.2. The Bertz CT molecular complexity index is 1520. The minimum absolute atomic E-state index is 0.148. The number of benzene rings is 2. The number of hydrogen-bond acceptors (Lipinski definition) is 6. The Labute approximate surface area is 213 Å². The summed E-state index contributed by atoms with van der Waals surface area (Å²) >= 11 is 0. The van der Waals surface area contributed by atoms with Crippen LogP contribution in [0.25, 0.3) is 10.9 Å². The Morgan fingerprint density at radius 1 is 0.622 bits per heavy atom. The summed E-state index contributed by atoms with van der Waals surface area (Å²) in [6.45, 7) is 3.47. The van der Waals surface area contributed by atoms with Gasteiger partial charge in [-0.2, -0.15) is 0 Å². The molecule has 0 atom stereocenters. The van der Waals surface area contributed by atoms with Crippen molar-refractivity contribution in [2.24, 2.45) is 14.1 Å². The van der Waals surface area contributed by atoms with E-state index >= 15 is 0 Å². The van der Waals surface area contributed by atoms with Gasteiger partial charge < -0.3 is 4.90 Å². The second kappa shape index (κ2) is 9.84. The second-order valence-electron chi connectivity index (χ2n) is 9.20. The van der Waals surface area contributed by atoms with Crippen molar-refractivity contribution in [2.75, 3.05) is 21.1 Å². The molecule has 2 aromatic carbocycles. The summed E-state index contributed by atoms with van der Waals surface area (Å²) in [6.07, 6.45) is 0. The van der Waals surface area contributed by atoms with Gasteiger partial charge in [0, 0.05) is 35.2 Å². The van der Waals surface area contributed by atoms with Gasteiger partial charge in [-0.15, -0.1) is 0 Å². The minimum atomic E-state index is -0.675. The van der Waals surface area contributed by atoms with Crippen LogP contribution < -0.4 is 11.2 Å². The van der Waals surface area contributed by atoms with Gasteiger partial charge in [-0.05, 0) is 38.1 Å². The lowest BCUT2D eigenvalue weighted by Crippen LogP contribution is -2.41. The Kier molecular flexibility index (Phi) is 7.20. The maximum absolute atomic E-state index is 11.7. The number of urea groups is 1. The molecule has 1 saturated heterocycles. The molecule has 0 saturated carbocycles. The summed E-state index contributed by atoms with van der Waals surface area (Å²) in [5.41, 5.74) is 0.458. The lowest BCUT2D eigenvalue weighted by molar-refractivity contribution is -0.130. The summed E-state index contributed by atoms with van der Waals surface area (Å²) < 4.78 is 2.58. The monoisotopic (exact) mass is 507 g/mol. The van der Waals surface area contributed by atoms with Crippen LogP contribution in [0.4, 0.5) is 4.79 Å². The smallest absolute Gasteiger partial charge is 0.313 e. The van der Waals surface area contributed by atoms with Gasteiger partial charge in [-0.1, -0.05) is 24.3 Å². The minimum Gasteiger partial charge on any atom is -0.313 e. The fraction of sp³-hybridized carbons (Fsp3) is 0.308. The maximum Gasteiger partial charge on any atom is 0.330 e. The average molecular weight is 508 g/mol. The van der Waals surface area contributed by atoms with Crippen LogP contribution in [0.3, 0.4) is 0 Å². The first kappa shape index (κ1) is 27.1. The number of likely N-dealkylation sites (N-methyl/N-ethyl adjacent to an activating group) is 2. The van der Waals surface area contributed by atoms with Gasteiger partial charge in [0.15, 0.2) is 0 Å². The largest absolute Gasteiger partial charge is 0.330 e. The number of aryl methyl sites for hydroxylation is 1. The molecule has 0 N–H and O–H groups in total. The van der Waals surface area contributed by atoms with E-state index in [9.17, 15) is 28.8 Å². The van der Waals surface area contributed by atoms with Gasteiger partial charge in [-0.3, -0.25) is 38.1 Å². The summed E-state index contributed by atoms with van der Waals surface area (Å²) in [5.74, 6) is -0.573. The van der Waals surface area contributed by atoms with Crippen molar-refractivity contribution in [3.05, 3.63) is 80.5 Å². The fourth-order valence-corrected chi connectivity index (χ4v) is 3.96. The van der Waals surface area contributed by atoms with E-state index in [-0.39, 0.29) is 35.0 Å². The van der Waals surface area contributed by atoms with E-state index in [2.05, 4.69) is 0 Å². The summed E-state index contributed by atoms with van der Waals surface area (Å²) in [5, 5.41) is 0.567. The standard InChI is InChI=1S/C10H10N2O2.C9H7NO2.C7H12N2O2/c1-11-8-6-4-3-5-7(8)9(13)12(2)10(11)14;1-10-8(11)6-4-2-3-5-7(6)9(10)12;1-7(2)5(10)8(3)6(11)9(7)4/h3-6H,1-2H3;2-5H,1H3;1-4H3. The Morgan fingerprint density at radius 3 is 1.54 bits per heavy atom. The SMILES string of the molecule is CN1C(=O)N(C)C(C)(C)C1=O.CN1C(=O)c2ccccc2C1=O.Cn1c(=O)c2ccccc2n(C)c1=O. The Balaban J connectivity index is 0.000000156. The van der Waals surface area contributed by atoms with Crippen LogP contribution in [0.15, 0.2) is 58.1 Å². The van der Waals surface area contributed by atoms with Crippen molar-refractivity contribution in [3.8, 4) is 0 Å². The molecule has 2 aliphatic rings. The molecule has 0 radical (unpaired) electrons. The number of nitrogens with zero attached hydrogens (tertiary/aromatic N) is 5. The van der Waals surface area contributed by atoms with Crippen LogP contribution in [0, 0.1) is 0 Å². The van der Waals surface area contributed by atoms with Crippen molar-refractivity contribution < 1.29 is 19.2 Å². The number of fused-ring (bicyclic) bond motifs is 2. The number of rotatable bonds is 0. The second-order valence-corrected chi connectivity index (χ2v) is 9.20. The predicted octanol–water partition coefficient (Wildman–Crippen LogP) is 1.44. The van der Waals surface area contributed by atoms with Crippen LogP contribution >= 0.6 is 0 Å². The summed E-state index contributed by atoms with van der Waals surface area (Å²) in [4.78, 5) is 72.0. The number of aromatic nitrogens is 2. The molecule has 11 heteroatoms. The summed E-state index contributed by atoms with van der Waals surface area (Å²) in [7, 11) is 7.76. The first-order valence-electron chi connectivity index (χ1n) is 11.4. The first-order chi connectivity index (χ1) is 17.2. The zero-order valence-corrected chi connectivity index (χ0v) is 21.8. The molecule has 0 aliphatic carbocycles. The molecular weight excluding hydrogens is 478 g/mol. The van der Waals surface area contributed by atoms with Gasteiger partial charge in [0.05, 0.1) is 22.0 Å². The third-order valence-corrected chi connectivity index (χ3v) is 6.61. The number of amides is 5. The first-order valence-corrected chi connectivity index (χ1v) is 11.4. The molecule has 0 bridgehead atoms. The van der Waals surface area contributed by atoms with Crippen molar-refractivity contribution in [1.82, 2.24) is 23.8 Å². The zero-order chi connectivity index (χ0) is 27.8. The van der Waals surface area contributed by atoms with E-state index in [4.69, 9.17) is 0 Å². The van der Waals surface area contributed by atoms with Gasteiger partial charge in [0.25, 0.3) is 23.3 Å². The molecule has 5 amide bonds. The van der Waals surface area contributed by atoms with E-state index in [0.717, 1.165) is 14.4 Å². The molecule has 3 heterocycles. The topological polar surface area (TPSA) is 122 Å². The molecule has 0 unspecified atom stereocenters. The van der Waals surface area contributed by atoms with Gasteiger partial charge in [0.1, 0.15) is 5.54 Å².